The number of fused-ring (bicyclic) bond motifs is 1. The predicted molar refractivity (Wildman–Crippen MR) is 127 cm³/mol. The molecule has 3 aromatic rings. The summed E-state index contributed by atoms with van der Waals surface area (Å²) in [6, 6.07) is 12.5. The summed E-state index contributed by atoms with van der Waals surface area (Å²) in [4.78, 5) is 16.5. The summed E-state index contributed by atoms with van der Waals surface area (Å²) in [5, 5.41) is 13.1. The number of nitrogens with zero attached hydrogens (tertiary/aromatic N) is 2. The molecule has 5 heteroatoms. The molecule has 1 heterocycles. The highest BCUT2D eigenvalue weighted by molar-refractivity contribution is 5.95. The van der Waals surface area contributed by atoms with E-state index in [2.05, 4.69) is 61.8 Å². The van der Waals surface area contributed by atoms with Gasteiger partial charge in [0.1, 0.15) is 0 Å². The van der Waals surface area contributed by atoms with Gasteiger partial charge in [0.25, 0.3) is 0 Å². The summed E-state index contributed by atoms with van der Waals surface area (Å²) in [5.41, 5.74) is 5.39. The van der Waals surface area contributed by atoms with Gasteiger partial charge in [-0.1, -0.05) is 46.2 Å². The standard InChI is InChI=1S/C26H33N3O2/c1-16(2)18-8-10-19(11-9-18)27-25-28-22-14-21(24(30)31)17(3)13-23(22)29(25)20-7-6-12-26(4,5)15-20/h8-11,13-14,16,20H,6-7,12,15H2,1-5H3,(H,27,28)(H,30,31)/t20-/m1/s1. The third-order valence-electron chi connectivity index (χ3n) is 6.64. The van der Waals surface area contributed by atoms with E-state index in [4.69, 9.17) is 4.98 Å². The number of carboxylic acid groups (broad SMARTS) is 1. The van der Waals surface area contributed by atoms with E-state index in [1.807, 2.05) is 13.0 Å². The maximum Gasteiger partial charge on any atom is 0.336 e. The van der Waals surface area contributed by atoms with Gasteiger partial charge in [0.2, 0.25) is 5.95 Å². The fourth-order valence-corrected chi connectivity index (χ4v) is 4.89. The predicted octanol–water partition coefficient (Wildman–Crippen LogP) is 7.05. The van der Waals surface area contributed by atoms with Crippen LogP contribution in [0.25, 0.3) is 11.0 Å². The molecule has 2 N–H and O–H groups in total. The average Bonchev–Trinajstić information content (AvgIpc) is 3.03. The molecule has 1 aromatic heterocycles. The number of aromatic carboxylic acids is 1. The van der Waals surface area contributed by atoms with Crippen molar-refractivity contribution in [2.24, 2.45) is 5.41 Å². The lowest BCUT2D eigenvalue weighted by molar-refractivity contribution is 0.0696. The molecule has 0 bridgehead atoms. The van der Waals surface area contributed by atoms with Gasteiger partial charge in [0, 0.05) is 11.7 Å². The summed E-state index contributed by atoms with van der Waals surface area (Å²) in [7, 11) is 0. The van der Waals surface area contributed by atoms with Crippen LogP contribution in [-0.2, 0) is 0 Å². The number of nitrogens with one attached hydrogen (secondary N) is 1. The minimum absolute atomic E-state index is 0.283. The van der Waals surface area contributed by atoms with Crippen molar-refractivity contribution in [2.45, 2.75) is 72.3 Å². The van der Waals surface area contributed by atoms with Gasteiger partial charge in [-0.3, -0.25) is 0 Å². The number of rotatable bonds is 5. The Hall–Kier alpha value is -2.82. The third-order valence-corrected chi connectivity index (χ3v) is 6.64. The van der Waals surface area contributed by atoms with Crippen LogP contribution in [0.3, 0.4) is 0 Å². The number of anilines is 2. The lowest BCUT2D eigenvalue weighted by Gasteiger charge is -2.36. The molecule has 2 aromatic carbocycles. The quantitative estimate of drug-likeness (QED) is 0.465. The number of carbonyl (C=O) groups is 1. The van der Waals surface area contributed by atoms with Crippen LogP contribution in [0.1, 0.15) is 86.8 Å². The zero-order valence-corrected chi connectivity index (χ0v) is 19.2. The van der Waals surface area contributed by atoms with Gasteiger partial charge < -0.3 is 15.0 Å². The zero-order chi connectivity index (χ0) is 22.3. The average molecular weight is 420 g/mol. The van der Waals surface area contributed by atoms with E-state index in [0.717, 1.165) is 41.1 Å². The summed E-state index contributed by atoms with van der Waals surface area (Å²) >= 11 is 0. The number of hydrogen-bond donors (Lipinski definition) is 2. The largest absolute Gasteiger partial charge is 0.478 e. The number of hydrogen-bond acceptors (Lipinski definition) is 3. The van der Waals surface area contributed by atoms with Crippen LogP contribution < -0.4 is 5.32 Å². The first kappa shape index (κ1) is 21.4. The van der Waals surface area contributed by atoms with E-state index < -0.39 is 5.97 Å². The van der Waals surface area contributed by atoms with Crippen molar-refractivity contribution in [1.82, 2.24) is 9.55 Å². The van der Waals surface area contributed by atoms with Crippen LogP contribution in [0.15, 0.2) is 36.4 Å². The van der Waals surface area contributed by atoms with Gasteiger partial charge >= 0.3 is 5.97 Å². The second-order valence-electron chi connectivity index (χ2n) is 10.1. The van der Waals surface area contributed by atoms with Crippen molar-refractivity contribution >= 4 is 28.6 Å². The summed E-state index contributed by atoms with van der Waals surface area (Å²) < 4.78 is 2.31. The smallest absolute Gasteiger partial charge is 0.336 e. The molecular formula is C26H33N3O2. The fourth-order valence-electron chi connectivity index (χ4n) is 4.89. The van der Waals surface area contributed by atoms with Gasteiger partial charge in [-0.2, -0.15) is 0 Å². The van der Waals surface area contributed by atoms with Crippen LogP contribution in [0, 0.1) is 12.3 Å². The van der Waals surface area contributed by atoms with E-state index in [1.54, 1.807) is 6.07 Å². The van der Waals surface area contributed by atoms with Crippen LogP contribution in [-0.4, -0.2) is 20.6 Å². The minimum Gasteiger partial charge on any atom is -0.478 e. The molecule has 0 spiro atoms. The molecule has 1 aliphatic carbocycles. The van der Waals surface area contributed by atoms with Gasteiger partial charge in [0.15, 0.2) is 0 Å². The van der Waals surface area contributed by atoms with E-state index in [0.29, 0.717) is 17.5 Å². The molecule has 0 radical (unpaired) electrons. The maximum atomic E-state index is 11.7. The lowest BCUT2D eigenvalue weighted by atomic mass is 9.75. The first-order chi connectivity index (χ1) is 14.6. The van der Waals surface area contributed by atoms with Crippen molar-refractivity contribution in [3.8, 4) is 0 Å². The Morgan fingerprint density at radius 1 is 1.23 bits per heavy atom. The third kappa shape index (κ3) is 4.32. The van der Waals surface area contributed by atoms with E-state index in [9.17, 15) is 9.90 Å². The van der Waals surface area contributed by atoms with Crippen molar-refractivity contribution in [1.29, 1.82) is 0 Å². The van der Waals surface area contributed by atoms with E-state index in [-0.39, 0.29) is 5.41 Å². The molecule has 5 nitrogen and oxygen atoms in total. The molecule has 0 amide bonds. The minimum atomic E-state index is -0.911. The topological polar surface area (TPSA) is 67.2 Å². The second kappa shape index (κ2) is 8.03. The Labute approximate surface area is 184 Å². The molecule has 164 valence electrons. The molecule has 1 aliphatic rings. The van der Waals surface area contributed by atoms with Crippen LogP contribution in [0.5, 0.6) is 0 Å². The lowest BCUT2D eigenvalue weighted by Crippen LogP contribution is -2.25. The first-order valence-corrected chi connectivity index (χ1v) is 11.3. The molecule has 0 unspecified atom stereocenters. The highest BCUT2D eigenvalue weighted by Gasteiger charge is 2.31. The normalized spacial score (nSPS) is 18.5. The van der Waals surface area contributed by atoms with Crippen LogP contribution in [0.2, 0.25) is 0 Å². The zero-order valence-electron chi connectivity index (χ0n) is 19.2. The van der Waals surface area contributed by atoms with E-state index in [1.165, 1.54) is 18.4 Å². The fraction of sp³-hybridized carbons (Fsp3) is 0.462. The van der Waals surface area contributed by atoms with Gasteiger partial charge in [-0.15, -0.1) is 0 Å². The molecule has 0 aliphatic heterocycles. The summed E-state index contributed by atoms with van der Waals surface area (Å²) in [5.74, 6) is 0.365. The summed E-state index contributed by atoms with van der Waals surface area (Å²) in [6.07, 6.45) is 4.61. The molecule has 1 fully saturated rings. The number of carboxylic acids is 1. The Morgan fingerprint density at radius 2 is 1.94 bits per heavy atom. The monoisotopic (exact) mass is 419 g/mol. The number of aryl methyl sites for hydroxylation is 1. The highest BCUT2D eigenvalue weighted by Crippen LogP contribution is 2.43. The first-order valence-electron chi connectivity index (χ1n) is 11.3. The molecule has 31 heavy (non-hydrogen) atoms. The molecule has 1 saturated carbocycles. The SMILES string of the molecule is Cc1cc2c(cc1C(=O)O)nc(Nc1ccc(C(C)C)cc1)n2[C@@H]1CCCC(C)(C)C1. The summed E-state index contributed by atoms with van der Waals surface area (Å²) in [6.45, 7) is 10.9. The number of benzene rings is 2. The maximum absolute atomic E-state index is 11.7. The van der Waals surface area contributed by atoms with Crippen molar-refractivity contribution in [3.05, 3.63) is 53.1 Å². The number of aromatic nitrogens is 2. The molecule has 4 rings (SSSR count). The highest BCUT2D eigenvalue weighted by atomic mass is 16.4. The molecule has 0 saturated heterocycles. The van der Waals surface area contributed by atoms with Crippen molar-refractivity contribution in [2.75, 3.05) is 5.32 Å². The van der Waals surface area contributed by atoms with Crippen LogP contribution >= 0.6 is 0 Å². The Balaban J connectivity index is 1.81. The Morgan fingerprint density at radius 3 is 2.55 bits per heavy atom. The Bertz CT molecular complexity index is 1110. The van der Waals surface area contributed by atoms with Gasteiger partial charge in [-0.25, -0.2) is 9.78 Å². The second-order valence-corrected chi connectivity index (χ2v) is 10.1. The molecule has 1 atom stereocenters. The Kier molecular flexibility index (Phi) is 5.54. The van der Waals surface area contributed by atoms with E-state index >= 15 is 0 Å². The molecular weight excluding hydrogens is 386 g/mol. The van der Waals surface area contributed by atoms with Crippen LogP contribution in [0.4, 0.5) is 11.6 Å². The van der Waals surface area contributed by atoms with Gasteiger partial charge in [-0.05, 0) is 72.9 Å². The number of imidazole rings is 1. The van der Waals surface area contributed by atoms with Crippen molar-refractivity contribution in [3.63, 3.8) is 0 Å². The van der Waals surface area contributed by atoms with Crippen molar-refractivity contribution < 1.29 is 9.90 Å². The van der Waals surface area contributed by atoms with Gasteiger partial charge in [0.05, 0.1) is 16.6 Å².